The van der Waals surface area contributed by atoms with Crippen molar-refractivity contribution in [1.29, 1.82) is 0 Å². The number of carbonyl (C=O) groups excluding carboxylic acids is 4. The summed E-state index contributed by atoms with van der Waals surface area (Å²) in [5.74, 6) is -0.754. The van der Waals surface area contributed by atoms with E-state index in [9.17, 15) is 19.2 Å². The van der Waals surface area contributed by atoms with Crippen LogP contribution in [0.3, 0.4) is 0 Å². The van der Waals surface area contributed by atoms with Crippen LogP contribution in [0.5, 0.6) is 17.2 Å². The summed E-state index contributed by atoms with van der Waals surface area (Å²) in [6.45, 7) is 3.51. The van der Waals surface area contributed by atoms with E-state index in [2.05, 4.69) is 21.5 Å². The molecular formula is C30H34N4O7. The Hall–Kier alpha value is -5.06. The zero-order valence-corrected chi connectivity index (χ0v) is 23.6. The van der Waals surface area contributed by atoms with Crippen molar-refractivity contribution in [2.45, 2.75) is 26.3 Å². The van der Waals surface area contributed by atoms with E-state index < -0.39 is 29.7 Å². The molecule has 4 N–H and O–H groups in total. The molecule has 0 aliphatic carbocycles. The van der Waals surface area contributed by atoms with E-state index in [1.807, 2.05) is 0 Å². The minimum atomic E-state index is -0.978. The summed E-state index contributed by atoms with van der Waals surface area (Å²) >= 11 is 0. The summed E-state index contributed by atoms with van der Waals surface area (Å²) in [6.07, 6.45) is -0.0272. The number of amides is 4. The third kappa shape index (κ3) is 8.21. The smallest absolute Gasteiger partial charge is 0.261 e. The predicted molar refractivity (Wildman–Crippen MR) is 153 cm³/mol. The lowest BCUT2D eigenvalue weighted by molar-refractivity contribution is -0.130. The SMILES string of the molecule is COc1ccc(C(=O)Nc2ccccc2C(=O)N[C@@H](C(=O)NNC(=O)Cc2ccc(OC)c(OC)c2)C(C)C)cc1. The number of carbonyl (C=O) groups is 4. The Morgan fingerprint density at radius 1 is 0.756 bits per heavy atom. The zero-order valence-electron chi connectivity index (χ0n) is 23.6. The predicted octanol–water partition coefficient (Wildman–Crippen LogP) is 3.11. The number of methoxy groups -OCH3 is 3. The number of hydrazine groups is 1. The molecule has 0 spiro atoms. The summed E-state index contributed by atoms with van der Waals surface area (Å²) in [6, 6.07) is 17.1. The number of ether oxygens (including phenoxy) is 3. The van der Waals surface area contributed by atoms with Gasteiger partial charge in [0.15, 0.2) is 11.5 Å². The lowest BCUT2D eigenvalue weighted by Gasteiger charge is -2.22. The number of benzene rings is 3. The Morgan fingerprint density at radius 2 is 1.44 bits per heavy atom. The summed E-state index contributed by atoms with van der Waals surface area (Å²) < 4.78 is 15.6. The minimum absolute atomic E-state index is 0.0272. The average Bonchev–Trinajstić information content (AvgIpc) is 2.98. The lowest BCUT2D eigenvalue weighted by atomic mass is 10.0. The maximum atomic E-state index is 13.2. The molecule has 3 aromatic rings. The topological polar surface area (TPSA) is 144 Å². The van der Waals surface area contributed by atoms with Crippen LogP contribution in [-0.2, 0) is 16.0 Å². The van der Waals surface area contributed by atoms with Crippen molar-refractivity contribution < 1.29 is 33.4 Å². The van der Waals surface area contributed by atoms with Gasteiger partial charge in [0.05, 0.1) is 39.0 Å². The molecule has 0 bridgehead atoms. The van der Waals surface area contributed by atoms with Crippen LogP contribution in [0, 0.1) is 5.92 Å². The molecule has 11 heteroatoms. The van der Waals surface area contributed by atoms with Crippen LogP contribution >= 0.6 is 0 Å². The van der Waals surface area contributed by atoms with Gasteiger partial charge >= 0.3 is 0 Å². The second-order valence-electron chi connectivity index (χ2n) is 9.33. The van der Waals surface area contributed by atoms with Crippen LogP contribution in [0.25, 0.3) is 0 Å². The quantitative estimate of drug-likeness (QED) is 0.263. The Kier molecular flexibility index (Phi) is 10.7. The van der Waals surface area contributed by atoms with E-state index in [0.29, 0.717) is 28.4 Å². The molecule has 0 aliphatic heterocycles. The number of hydrogen-bond acceptors (Lipinski definition) is 7. The van der Waals surface area contributed by atoms with Gasteiger partial charge in [0.1, 0.15) is 11.8 Å². The molecule has 0 radical (unpaired) electrons. The van der Waals surface area contributed by atoms with E-state index in [0.717, 1.165) is 0 Å². The van der Waals surface area contributed by atoms with Crippen LogP contribution in [0.15, 0.2) is 66.7 Å². The fraction of sp³-hybridized carbons (Fsp3) is 0.267. The average molecular weight is 563 g/mol. The molecule has 216 valence electrons. The van der Waals surface area contributed by atoms with E-state index in [4.69, 9.17) is 14.2 Å². The largest absolute Gasteiger partial charge is 0.497 e. The molecule has 0 heterocycles. The van der Waals surface area contributed by atoms with Crippen molar-refractivity contribution in [3.8, 4) is 17.2 Å². The first kappa shape index (κ1) is 30.5. The Balaban J connectivity index is 1.63. The molecule has 3 aromatic carbocycles. The first-order valence-corrected chi connectivity index (χ1v) is 12.8. The van der Waals surface area contributed by atoms with E-state index in [1.54, 1.807) is 80.6 Å². The number of hydrogen-bond donors (Lipinski definition) is 4. The van der Waals surface area contributed by atoms with Crippen molar-refractivity contribution in [3.05, 3.63) is 83.4 Å². The van der Waals surface area contributed by atoms with Gasteiger partial charge in [-0.3, -0.25) is 30.0 Å². The number of para-hydroxylation sites is 1. The number of rotatable bonds is 11. The van der Waals surface area contributed by atoms with Gasteiger partial charge in [-0.15, -0.1) is 0 Å². The molecular weight excluding hydrogens is 528 g/mol. The summed E-state index contributed by atoms with van der Waals surface area (Å²) in [5.41, 5.74) is 6.24. The third-order valence-electron chi connectivity index (χ3n) is 6.15. The molecule has 11 nitrogen and oxygen atoms in total. The highest BCUT2D eigenvalue weighted by Crippen LogP contribution is 2.27. The highest BCUT2D eigenvalue weighted by atomic mass is 16.5. The Bertz CT molecular complexity index is 1390. The second-order valence-corrected chi connectivity index (χ2v) is 9.33. The summed E-state index contributed by atoms with van der Waals surface area (Å²) in [5, 5.41) is 5.44. The molecule has 0 saturated carbocycles. The third-order valence-corrected chi connectivity index (χ3v) is 6.15. The van der Waals surface area contributed by atoms with Crippen molar-refractivity contribution in [3.63, 3.8) is 0 Å². The molecule has 1 atom stereocenters. The Labute approximate surface area is 238 Å². The molecule has 0 aromatic heterocycles. The highest BCUT2D eigenvalue weighted by molar-refractivity contribution is 6.09. The van der Waals surface area contributed by atoms with Crippen LogP contribution in [0.4, 0.5) is 5.69 Å². The van der Waals surface area contributed by atoms with E-state index in [1.165, 1.54) is 21.3 Å². The first-order valence-electron chi connectivity index (χ1n) is 12.8. The van der Waals surface area contributed by atoms with Gasteiger partial charge in [-0.25, -0.2) is 0 Å². The van der Waals surface area contributed by atoms with Crippen LogP contribution in [0.1, 0.15) is 40.1 Å². The molecule has 0 unspecified atom stereocenters. The molecule has 3 rings (SSSR count). The van der Waals surface area contributed by atoms with E-state index in [-0.39, 0.29) is 23.6 Å². The molecule has 0 saturated heterocycles. The van der Waals surface area contributed by atoms with Gasteiger partial charge in [0.2, 0.25) is 5.91 Å². The maximum Gasteiger partial charge on any atom is 0.261 e. The standard InChI is InChI=1S/C30H34N4O7/c1-18(2)27(30(38)34-33-26(35)17-19-10-15-24(40-4)25(16-19)41-5)32-29(37)22-8-6-7-9-23(22)31-28(36)20-11-13-21(39-3)14-12-20/h6-16,18,27H,17H2,1-5H3,(H,31,36)(H,32,37)(H,33,35)(H,34,38)/t27-/m1/s1. The number of nitrogens with one attached hydrogen (secondary N) is 4. The molecule has 41 heavy (non-hydrogen) atoms. The summed E-state index contributed by atoms with van der Waals surface area (Å²) in [7, 11) is 4.54. The maximum absolute atomic E-state index is 13.2. The van der Waals surface area contributed by atoms with Gasteiger partial charge in [0, 0.05) is 5.56 Å². The van der Waals surface area contributed by atoms with Crippen molar-refractivity contribution in [2.75, 3.05) is 26.6 Å². The van der Waals surface area contributed by atoms with Crippen molar-refractivity contribution >= 4 is 29.3 Å². The first-order chi connectivity index (χ1) is 19.7. The normalized spacial score (nSPS) is 11.2. The van der Waals surface area contributed by atoms with Gasteiger partial charge in [-0.1, -0.05) is 32.0 Å². The highest BCUT2D eigenvalue weighted by Gasteiger charge is 2.26. The number of anilines is 1. The Morgan fingerprint density at radius 3 is 2.07 bits per heavy atom. The molecule has 4 amide bonds. The van der Waals surface area contributed by atoms with Crippen LogP contribution < -0.4 is 35.7 Å². The summed E-state index contributed by atoms with van der Waals surface area (Å²) in [4.78, 5) is 51.4. The monoisotopic (exact) mass is 562 g/mol. The van der Waals surface area contributed by atoms with Crippen LogP contribution in [-0.4, -0.2) is 51.0 Å². The van der Waals surface area contributed by atoms with E-state index >= 15 is 0 Å². The second kappa shape index (κ2) is 14.4. The fourth-order valence-corrected chi connectivity index (χ4v) is 3.91. The van der Waals surface area contributed by atoms with Gasteiger partial charge in [-0.05, 0) is 60.0 Å². The van der Waals surface area contributed by atoms with Crippen LogP contribution in [0.2, 0.25) is 0 Å². The lowest BCUT2D eigenvalue weighted by Crippen LogP contribution is -2.54. The fourth-order valence-electron chi connectivity index (χ4n) is 3.91. The molecule has 0 aliphatic rings. The molecule has 0 fully saturated rings. The minimum Gasteiger partial charge on any atom is -0.497 e. The zero-order chi connectivity index (χ0) is 29.9. The van der Waals surface area contributed by atoms with Gasteiger partial charge in [-0.2, -0.15) is 0 Å². The van der Waals surface area contributed by atoms with Gasteiger partial charge < -0.3 is 24.8 Å². The van der Waals surface area contributed by atoms with Gasteiger partial charge in [0.25, 0.3) is 17.7 Å². The van der Waals surface area contributed by atoms with Crippen molar-refractivity contribution in [1.82, 2.24) is 16.2 Å². The van der Waals surface area contributed by atoms with Crippen molar-refractivity contribution in [2.24, 2.45) is 5.92 Å².